The first-order chi connectivity index (χ1) is 7.75. The number of halogens is 4. The van der Waals surface area contributed by atoms with Crippen LogP contribution >= 0.6 is 11.3 Å². The minimum absolute atomic E-state index is 0.390. The molecular weight excluding hydrogens is 260 g/mol. The van der Waals surface area contributed by atoms with Gasteiger partial charge in [-0.2, -0.15) is 8.78 Å². The molecule has 1 amide bonds. The molecule has 0 aliphatic heterocycles. The fourth-order valence-electron chi connectivity index (χ4n) is 1.02. The van der Waals surface area contributed by atoms with Crippen LogP contribution in [0.1, 0.15) is 23.7 Å². The van der Waals surface area contributed by atoms with Crippen molar-refractivity contribution in [2.75, 3.05) is 0 Å². The first kappa shape index (κ1) is 13.9. The molecule has 1 atom stereocenters. The van der Waals surface area contributed by atoms with Crippen LogP contribution in [-0.2, 0) is 4.79 Å². The van der Waals surface area contributed by atoms with E-state index in [4.69, 9.17) is 0 Å². The molecule has 0 aliphatic rings. The number of aromatic nitrogens is 1. The van der Waals surface area contributed by atoms with E-state index in [1.54, 1.807) is 12.3 Å². The van der Waals surface area contributed by atoms with Crippen molar-refractivity contribution < 1.29 is 22.4 Å². The molecule has 1 heterocycles. The lowest BCUT2D eigenvalue weighted by molar-refractivity contribution is -0.170. The van der Waals surface area contributed by atoms with E-state index in [1.807, 2.05) is 5.32 Å². The van der Waals surface area contributed by atoms with Gasteiger partial charge < -0.3 is 5.32 Å². The zero-order valence-electron chi connectivity index (χ0n) is 9.01. The SMILES string of the molecule is Cc1csc(C(C)NC(=O)C(F)(F)C(F)F)n1. The van der Waals surface area contributed by atoms with E-state index < -0.39 is 24.3 Å². The molecule has 8 heteroatoms. The van der Waals surface area contributed by atoms with Gasteiger partial charge in [0.15, 0.2) is 0 Å². The average molecular weight is 270 g/mol. The van der Waals surface area contributed by atoms with Crippen LogP contribution < -0.4 is 5.32 Å². The third-order valence-electron chi connectivity index (χ3n) is 1.93. The summed E-state index contributed by atoms with van der Waals surface area (Å²) in [5.41, 5.74) is 0.673. The lowest BCUT2D eigenvalue weighted by Crippen LogP contribution is -2.45. The molecule has 0 saturated heterocycles. The van der Waals surface area contributed by atoms with Crippen LogP contribution in [-0.4, -0.2) is 23.2 Å². The van der Waals surface area contributed by atoms with Gasteiger partial charge in [0.2, 0.25) is 0 Å². The summed E-state index contributed by atoms with van der Waals surface area (Å²) in [7, 11) is 0. The molecule has 1 aromatic heterocycles. The summed E-state index contributed by atoms with van der Waals surface area (Å²) in [6, 6.07) is -0.828. The van der Waals surface area contributed by atoms with Crippen LogP contribution in [0.5, 0.6) is 0 Å². The molecule has 0 fully saturated rings. The maximum absolute atomic E-state index is 12.6. The number of amides is 1. The topological polar surface area (TPSA) is 42.0 Å². The maximum atomic E-state index is 12.6. The normalized spacial score (nSPS) is 13.8. The van der Waals surface area contributed by atoms with E-state index >= 15 is 0 Å². The number of carbonyl (C=O) groups is 1. The van der Waals surface area contributed by atoms with E-state index in [0.717, 1.165) is 11.3 Å². The number of alkyl halides is 4. The fourth-order valence-corrected chi connectivity index (χ4v) is 1.83. The number of rotatable bonds is 4. The van der Waals surface area contributed by atoms with Crippen LogP contribution in [0, 0.1) is 6.92 Å². The van der Waals surface area contributed by atoms with Gasteiger partial charge in [0.1, 0.15) is 5.01 Å². The van der Waals surface area contributed by atoms with Crippen LogP contribution in [0.15, 0.2) is 5.38 Å². The molecule has 0 aromatic carbocycles. The van der Waals surface area contributed by atoms with Crippen LogP contribution in [0.3, 0.4) is 0 Å². The lowest BCUT2D eigenvalue weighted by atomic mass is 10.3. The van der Waals surface area contributed by atoms with E-state index in [2.05, 4.69) is 4.98 Å². The van der Waals surface area contributed by atoms with Gasteiger partial charge in [0.05, 0.1) is 6.04 Å². The van der Waals surface area contributed by atoms with Crippen molar-refractivity contribution in [1.82, 2.24) is 10.3 Å². The van der Waals surface area contributed by atoms with Crippen LogP contribution in [0.4, 0.5) is 17.6 Å². The first-order valence-corrected chi connectivity index (χ1v) is 5.52. The van der Waals surface area contributed by atoms with Gasteiger partial charge in [-0.25, -0.2) is 13.8 Å². The summed E-state index contributed by atoms with van der Waals surface area (Å²) in [5.74, 6) is -6.67. The molecule has 96 valence electrons. The zero-order chi connectivity index (χ0) is 13.2. The highest BCUT2D eigenvalue weighted by Gasteiger charge is 2.49. The molecule has 17 heavy (non-hydrogen) atoms. The monoisotopic (exact) mass is 270 g/mol. The summed E-state index contributed by atoms with van der Waals surface area (Å²) in [4.78, 5) is 14.9. The highest BCUT2D eigenvalue weighted by Crippen LogP contribution is 2.25. The number of aryl methyl sites for hydroxylation is 1. The molecule has 0 aliphatic carbocycles. The molecule has 1 unspecified atom stereocenters. The highest BCUT2D eigenvalue weighted by molar-refractivity contribution is 7.09. The average Bonchev–Trinajstić information content (AvgIpc) is 2.64. The Bertz CT molecular complexity index is 407. The largest absolute Gasteiger partial charge is 0.383 e. The first-order valence-electron chi connectivity index (χ1n) is 4.64. The van der Waals surface area contributed by atoms with Crippen molar-refractivity contribution in [3.05, 3.63) is 16.1 Å². The quantitative estimate of drug-likeness (QED) is 0.854. The molecule has 0 saturated carbocycles. The number of nitrogens with zero attached hydrogens (tertiary/aromatic N) is 1. The van der Waals surface area contributed by atoms with Gasteiger partial charge in [-0.05, 0) is 13.8 Å². The Morgan fingerprint density at radius 2 is 2.12 bits per heavy atom. The lowest BCUT2D eigenvalue weighted by Gasteiger charge is -2.17. The van der Waals surface area contributed by atoms with Crippen molar-refractivity contribution in [3.63, 3.8) is 0 Å². The molecule has 3 nitrogen and oxygen atoms in total. The number of thiazole rings is 1. The van der Waals surface area contributed by atoms with Gasteiger partial charge in [-0.1, -0.05) is 0 Å². The Morgan fingerprint density at radius 1 is 1.53 bits per heavy atom. The molecule has 1 aromatic rings. The van der Waals surface area contributed by atoms with Gasteiger partial charge in [-0.15, -0.1) is 11.3 Å². The van der Waals surface area contributed by atoms with Gasteiger partial charge in [0.25, 0.3) is 5.91 Å². The number of hydrogen-bond donors (Lipinski definition) is 1. The summed E-state index contributed by atoms with van der Waals surface area (Å²) in [6.45, 7) is 3.10. The molecule has 0 spiro atoms. The van der Waals surface area contributed by atoms with E-state index in [-0.39, 0.29) is 0 Å². The highest BCUT2D eigenvalue weighted by atomic mass is 32.1. The second kappa shape index (κ2) is 4.99. The van der Waals surface area contributed by atoms with Crippen molar-refractivity contribution >= 4 is 17.2 Å². The zero-order valence-corrected chi connectivity index (χ0v) is 9.82. The summed E-state index contributed by atoms with van der Waals surface area (Å²) >= 11 is 1.16. The Morgan fingerprint density at radius 3 is 2.53 bits per heavy atom. The number of carbonyl (C=O) groups excluding carboxylic acids is 1. The second-order valence-corrected chi connectivity index (χ2v) is 4.34. The third kappa shape index (κ3) is 3.15. The van der Waals surface area contributed by atoms with E-state index in [9.17, 15) is 22.4 Å². The van der Waals surface area contributed by atoms with E-state index in [1.165, 1.54) is 6.92 Å². The Hall–Kier alpha value is -1.18. The van der Waals surface area contributed by atoms with Gasteiger partial charge in [-0.3, -0.25) is 4.79 Å². The fraction of sp³-hybridized carbons (Fsp3) is 0.556. The molecule has 1 N–H and O–H groups in total. The molecule has 1 rings (SSSR count). The Kier molecular flexibility index (Phi) is 4.07. The molecule has 0 radical (unpaired) electrons. The third-order valence-corrected chi connectivity index (χ3v) is 3.08. The Balaban J connectivity index is 2.69. The van der Waals surface area contributed by atoms with E-state index in [0.29, 0.717) is 10.7 Å². The van der Waals surface area contributed by atoms with Crippen molar-refractivity contribution in [1.29, 1.82) is 0 Å². The maximum Gasteiger partial charge on any atom is 0.383 e. The smallest absolute Gasteiger partial charge is 0.342 e. The minimum Gasteiger partial charge on any atom is -0.342 e. The second-order valence-electron chi connectivity index (χ2n) is 3.45. The number of nitrogens with one attached hydrogen (secondary N) is 1. The van der Waals surface area contributed by atoms with Gasteiger partial charge >= 0.3 is 12.3 Å². The van der Waals surface area contributed by atoms with Gasteiger partial charge in [0, 0.05) is 11.1 Å². The van der Waals surface area contributed by atoms with Crippen LogP contribution in [0.25, 0.3) is 0 Å². The molecular formula is C9H10F4N2OS. The standard InChI is InChI=1S/C9H10F4N2OS/c1-4-3-17-6(14-4)5(2)15-8(16)9(12,13)7(10)11/h3,5,7H,1-2H3,(H,15,16). The predicted octanol–water partition coefficient (Wildman–Crippen LogP) is 2.53. The number of hydrogen-bond acceptors (Lipinski definition) is 3. The minimum atomic E-state index is -4.68. The Labute approximate surface area is 98.9 Å². The van der Waals surface area contributed by atoms with Crippen molar-refractivity contribution in [2.45, 2.75) is 32.2 Å². The summed E-state index contributed by atoms with van der Waals surface area (Å²) in [5, 5.41) is 3.87. The van der Waals surface area contributed by atoms with Crippen molar-refractivity contribution in [2.24, 2.45) is 0 Å². The summed E-state index contributed by atoms with van der Waals surface area (Å²) < 4.78 is 49.1. The predicted molar refractivity (Wildman–Crippen MR) is 54.4 cm³/mol. The summed E-state index contributed by atoms with van der Waals surface area (Å²) in [6.07, 6.45) is -4.02. The van der Waals surface area contributed by atoms with Crippen LogP contribution in [0.2, 0.25) is 0 Å². The molecule has 0 bridgehead atoms. The van der Waals surface area contributed by atoms with Crippen molar-refractivity contribution in [3.8, 4) is 0 Å².